The summed E-state index contributed by atoms with van der Waals surface area (Å²) in [6, 6.07) is 10.00. The molecule has 0 spiro atoms. The predicted molar refractivity (Wildman–Crippen MR) is 102 cm³/mol. The van der Waals surface area contributed by atoms with E-state index in [1.807, 2.05) is 30.3 Å². The Morgan fingerprint density at radius 1 is 1.12 bits per heavy atom. The first-order chi connectivity index (χ1) is 11.8. The van der Waals surface area contributed by atoms with Gasteiger partial charge in [0.05, 0.1) is 6.10 Å². The van der Waals surface area contributed by atoms with Crippen molar-refractivity contribution in [1.82, 2.24) is 4.90 Å². The Balaban J connectivity index is 1.84. The predicted octanol–water partition coefficient (Wildman–Crippen LogP) is 3.71. The van der Waals surface area contributed by atoms with E-state index in [9.17, 15) is 10.2 Å². The lowest BCUT2D eigenvalue weighted by atomic mass is 9.70. The van der Waals surface area contributed by atoms with E-state index in [2.05, 4.69) is 37.8 Å². The van der Waals surface area contributed by atoms with E-state index in [4.69, 9.17) is 0 Å². The molecule has 0 amide bonds. The van der Waals surface area contributed by atoms with Crippen LogP contribution in [0.1, 0.15) is 52.0 Å². The Bertz CT molecular complexity index is 597. The van der Waals surface area contributed by atoms with Gasteiger partial charge in [-0.25, -0.2) is 0 Å². The molecule has 0 unspecified atom stereocenters. The minimum Gasteiger partial charge on any atom is -0.393 e. The average Bonchev–Trinajstić information content (AvgIpc) is 2.79. The SMILES string of the molecule is C[C@@H]1CC[C@@H](C(C)(C)N2CC=CC[C@@](O)(c3ccccc3)C2)[C@H](O)C1. The Kier molecular flexibility index (Phi) is 5.38. The van der Waals surface area contributed by atoms with Crippen molar-refractivity contribution >= 4 is 0 Å². The number of nitrogens with zero attached hydrogens (tertiary/aromatic N) is 1. The summed E-state index contributed by atoms with van der Waals surface area (Å²) in [5.74, 6) is 0.850. The highest BCUT2D eigenvalue weighted by atomic mass is 16.3. The molecule has 3 rings (SSSR count). The van der Waals surface area contributed by atoms with E-state index in [0.29, 0.717) is 18.9 Å². The molecule has 2 N–H and O–H groups in total. The van der Waals surface area contributed by atoms with Crippen LogP contribution in [0.3, 0.4) is 0 Å². The molecule has 4 atom stereocenters. The molecule has 2 aliphatic rings. The standard InChI is InChI=1S/C22H33NO2/c1-17-11-12-19(20(24)15-17)21(2,3)23-14-8-7-13-22(25,16-23)18-9-5-4-6-10-18/h4-10,17,19-20,24-25H,11-16H2,1-3H3/t17-,19-,20-,22+/m1/s1. The maximum atomic E-state index is 11.4. The van der Waals surface area contributed by atoms with Crippen molar-refractivity contribution in [3.63, 3.8) is 0 Å². The monoisotopic (exact) mass is 343 g/mol. The molecule has 1 aromatic carbocycles. The molecule has 0 radical (unpaired) electrons. The van der Waals surface area contributed by atoms with Gasteiger partial charge in [-0.2, -0.15) is 0 Å². The maximum Gasteiger partial charge on any atom is 0.106 e. The van der Waals surface area contributed by atoms with Crippen molar-refractivity contribution in [2.75, 3.05) is 13.1 Å². The molecular weight excluding hydrogens is 310 g/mol. The van der Waals surface area contributed by atoms with Gasteiger partial charge in [-0.15, -0.1) is 0 Å². The van der Waals surface area contributed by atoms with Crippen molar-refractivity contribution in [3.8, 4) is 0 Å². The third-order valence-electron chi connectivity index (χ3n) is 6.51. The Labute approximate surface area is 152 Å². The van der Waals surface area contributed by atoms with E-state index < -0.39 is 5.60 Å². The molecule has 138 valence electrons. The average molecular weight is 344 g/mol. The van der Waals surface area contributed by atoms with Gasteiger partial charge < -0.3 is 10.2 Å². The highest BCUT2D eigenvalue weighted by Crippen LogP contribution is 2.41. The zero-order chi connectivity index (χ0) is 18.1. The van der Waals surface area contributed by atoms with Gasteiger partial charge in [0.25, 0.3) is 0 Å². The number of benzene rings is 1. The molecule has 0 bridgehead atoms. The van der Waals surface area contributed by atoms with Crippen LogP contribution in [-0.4, -0.2) is 39.8 Å². The summed E-state index contributed by atoms with van der Waals surface area (Å²) in [6.45, 7) is 8.12. The van der Waals surface area contributed by atoms with Gasteiger partial charge in [0, 0.05) is 24.5 Å². The van der Waals surface area contributed by atoms with Crippen LogP contribution in [0.15, 0.2) is 42.5 Å². The van der Waals surface area contributed by atoms with Gasteiger partial charge in [0.2, 0.25) is 0 Å². The Morgan fingerprint density at radius 3 is 2.52 bits per heavy atom. The minimum absolute atomic E-state index is 0.156. The van der Waals surface area contributed by atoms with Crippen molar-refractivity contribution in [2.24, 2.45) is 11.8 Å². The molecule has 1 fully saturated rings. The molecule has 1 saturated carbocycles. The van der Waals surface area contributed by atoms with Crippen LogP contribution in [0, 0.1) is 11.8 Å². The summed E-state index contributed by atoms with van der Waals surface area (Å²) in [7, 11) is 0. The molecule has 1 heterocycles. The van der Waals surface area contributed by atoms with Gasteiger partial charge in [-0.3, -0.25) is 4.90 Å². The lowest BCUT2D eigenvalue weighted by Gasteiger charge is -2.49. The summed E-state index contributed by atoms with van der Waals surface area (Å²) in [5.41, 5.74) is -0.0599. The van der Waals surface area contributed by atoms with Crippen molar-refractivity contribution in [3.05, 3.63) is 48.0 Å². The largest absolute Gasteiger partial charge is 0.393 e. The van der Waals surface area contributed by atoms with Gasteiger partial charge in [-0.1, -0.05) is 55.8 Å². The molecule has 1 aromatic rings. The number of hydrogen-bond acceptors (Lipinski definition) is 3. The van der Waals surface area contributed by atoms with Crippen molar-refractivity contribution in [2.45, 2.75) is 63.7 Å². The van der Waals surface area contributed by atoms with Crippen LogP contribution in [0.5, 0.6) is 0 Å². The van der Waals surface area contributed by atoms with E-state index in [-0.39, 0.29) is 17.6 Å². The second kappa shape index (κ2) is 7.22. The number of rotatable bonds is 3. The van der Waals surface area contributed by atoms with Crippen LogP contribution in [0.4, 0.5) is 0 Å². The summed E-state index contributed by atoms with van der Waals surface area (Å²) in [5, 5.41) is 22.1. The molecule has 25 heavy (non-hydrogen) atoms. The summed E-state index contributed by atoms with van der Waals surface area (Å²) < 4.78 is 0. The van der Waals surface area contributed by atoms with E-state index in [1.165, 1.54) is 6.42 Å². The zero-order valence-corrected chi connectivity index (χ0v) is 15.9. The third kappa shape index (κ3) is 3.84. The zero-order valence-electron chi connectivity index (χ0n) is 15.9. The fourth-order valence-electron chi connectivity index (χ4n) is 4.73. The lowest BCUT2D eigenvalue weighted by molar-refractivity contribution is -0.0745. The van der Waals surface area contributed by atoms with Gasteiger partial charge >= 0.3 is 0 Å². The van der Waals surface area contributed by atoms with Crippen LogP contribution in [-0.2, 0) is 5.60 Å². The number of β-amino-alcohol motifs (C(OH)–C–C–N with tert-alkyl or cyclic N) is 1. The first-order valence-corrected chi connectivity index (χ1v) is 9.69. The maximum absolute atomic E-state index is 11.4. The summed E-state index contributed by atoms with van der Waals surface area (Å²) in [4.78, 5) is 2.37. The first-order valence-electron chi connectivity index (χ1n) is 9.69. The van der Waals surface area contributed by atoms with E-state index in [1.54, 1.807) is 0 Å². The van der Waals surface area contributed by atoms with Crippen molar-refractivity contribution < 1.29 is 10.2 Å². The van der Waals surface area contributed by atoms with Gasteiger partial charge in [-0.05, 0) is 44.6 Å². The van der Waals surface area contributed by atoms with Crippen LogP contribution < -0.4 is 0 Å². The second-order valence-electron chi connectivity index (χ2n) is 8.70. The topological polar surface area (TPSA) is 43.7 Å². The molecule has 0 saturated heterocycles. The molecule has 0 aromatic heterocycles. The van der Waals surface area contributed by atoms with Crippen LogP contribution in [0.25, 0.3) is 0 Å². The number of hydrogen-bond donors (Lipinski definition) is 2. The summed E-state index contributed by atoms with van der Waals surface area (Å²) in [6.07, 6.45) is 7.77. The van der Waals surface area contributed by atoms with E-state index >= 15 is 0 Å². The molecular formula is C22H33NO2. The molecule has 3 nitrogen and oxygen atoms in total. The number of aliphatic hydroxyl groups is 2. The number of aliphatic hydroxyl groups excluding tert-OH is 1. The lowest BCUT2D eigenvalue weighted by Crippen LogP contribution is -2.57. The minimum atomic E-state index is -0.877. The van der Waals surface area contributed by atoms with Crippen molar-refractivity contribution in [1.29, 1.82) is 0 Å². The Morgan fingerprint density at radius 2 is 1.84 bits per heavy atom. The second-order valence-corrected chi connectivity index (χ2v) is 8.70. The smallest absolute Gasteiger partial charge is 0.106 e. The fraction of sp³-hybridized carbons (Fsp3) is 0.636. The van der Waals surface area contributed by atoms with Gasteiger partial charge in [0.1, 0.15) is 5.60 Å². The third-order valence-corrected chi connectivity index (χ3v) is 6.51. The first kappa shape index (κ1) is 18.6. The summed E-state index contributed by atoms with van der Waals surface area (Å²) >= 11 is 0. The highest BCUT2D eigenvalue weighted by Gasteiger charge is 2.44. The Hall–Kier alpha value is -1.16. The van der Waals surface area contributed by atoms with Crippen LogP contribution >= 0.6 is 0 Å². The molecule has 1 aliphatic heterocycles. The normalized spacial score (nSPS) is 34.7. The van der Waals surface area contributed by atoms with Gasteiger partial charge in [0.15, 0.2) is 0 Å². The van der Waals surface area contributed by atoms with E-state index in [0.717, 1.165) is 24.9 Å². The quantitative estimate of drug-likeness (QED) is 0.822. The highest BCUT2D eigenvalue weighted by molar-refractivity contribution is 5.25. The fourth-order valence-corrected chi connectivity index (χ4v) is 4.73. The molecule has 3 heteroatoms. The van der Waals surface area contributed by atoms with Crippen LogP contribution in [0.2, 0.25) is 0 Å². The molecule has 1 aliphatic carbocycles.